The molecule has 3 aromatic rings. The Kier molecular flexibility index (Phi) is 4.50. The van der Waals surface area contributed by atoms with Gasteiger partial charge in [0.25, 0.3) is 0 Å². The minimum atomic E-state index is 0.414. The van der Waals surface area contributed by atoms with E-state index in [1.54, 1.807) is 30.9 Å². The Balaban J connectivity index is 1.68. The molecule has 3 rings (SSSR count). The van der Waals surface area contributed by atoms with Crippen LogP contribution in [0.3, 0.4) is 0 Å². The maximum Gasteiger partial charge on any atom is 0.239 e. The van der Waals surface area contributed by atoms with E-state index in [9.17, 15) is 0 Å². The van der Waals surface area contributed by atoms with Gasteiger partial charge in [-0.1, -0.05) is 18.2 Å². The molecule has 0 fully saturated rings. The van der Waals surface area contributed by atoms with E-state index in [2.05, 4.69) is 32.9 Å². The van der Waals surface area contributed by atoms with Crippen LogP contribution in [0.2, 0.25) is 0 Å². The summed E-state index contributed by atoms with van der Waals surface area (Å²) >= 11 is 4.42. The Morgan fingerprint density at radius 3 is 2.73 bits per heavy atom. The van der Waals surface area contributed by atoms with Crippen molar-refractivity contribution in [3.05, 3.63) is 66.7 Å². The van der Waals surface area contributed by atoms with E-state index in [-0.39, 0.29) is 0 Å². The molecule has 22 heavy (non-hydrogen) atoms. The van der Waals surface area contributed by atoms with Crippen LogP contribution in [-0.4, -0.2) is 15.0 Å². The van der Waals surface area contributed by atoms with E-state index in [1.165, 1.54) is 0 Å². The zero-order valence-corrected chi connectivity index (χ0v) is 12.6. The minimum absolute atomic E-state index is 0.414. The van der Waals surface area contributed by atoms with Crippen molar-refractivity contribution in [3.63, 3.8) is 0 Å². The van der Waals surface area contributed by atoms with Crippen LogP contribution < -0.4 is 10.1 Å². The molecular weight excluding hydrogens is 296 g/mol. The molecule has 0 saturated carbocycles. The molecule has 0 spiro atoms. The predicted octanol–water partition coefficient (Wildman–Crippen LogP) is 3.56. The molecule has 2 aromatic heterocycles. The van der Waals surface area contributed by atoms with Gasteiger partial charge in [-0.05, 0) is 23.8 Å². The van der Waals surface area contributed by atoms with Crippen LogP contribution in [0.25, 0.3) is 0 Å². The van der Waals surface area contributed by atoms with Crippen molar-refractivity contribution in [1.82, 2.24) is 15.0 Å². The molecule has 5 nitrogen and oxygen atoms in total. The Hall–Kier alpha value is -2.60. The fourth-order valence-corrected chi connectivity index (χ4v) is 2.10. The number of nitrogens with one attached hydrogen (secondary N) is 1. The molecule has 0 bridgehead atoms. The first kappa shape index (κ1) is 14.3. The topological polar surface area (TPSA) is 59.9 Å². The fraction of sp³-hybridized carbons (Fsp3) is 0.0625. The summed E-state index contributed by atoms with van der Waals surface area (Å²) in [6, 6.07) is 11.5. The van der Waals surface area contributed by atoms with Gasteiger partial charge < -0.3 is 10.1 Å². The summed E-state index contributed by atoms with van der Waals surface area (Å²) in [6.45, 7) is 0.616. The largest absolute Gasteiger partial charge is 0.436 e. The van der Waals surface area contributed by atoms with Crippen molar-refractivity contribution in [2.24, 2.45) is 0 Å². The van der Waals surface area contributed by atoms with Gasteiger partial charge in [-0.3, -0.25) is 9.97 Å². The summed E-state index contributed by atoms with van der Waals surface area (Å²) in [5.41, 5.74) is 1.09. The van der Waals surface area contributed by atoms with E-state index in [1.807, 2.05) is 30.3 Å². The normalized spacial score (nSPS) is 10.2. The third-order valence-electron chi connectivity index (χ3n) is 2.92. The molecule has 1 N–H and O–H groups in total. The monoisotopic (exact) mass is 310 g/mol. The number of pyridine rings is 1. The summed E-state index contributed by atoms with van der Waals surface area (Å²) < 4.78 is 5.60. The van der Waals surface area contributed by atoms with Crippen molar-refractivity contribution < 1.29 is 4.74 Å². The molecule has 0 saturated heterocycles. The van der Waals surface area contributed by atoms with Crippen molar-refractivity contribution in [3.8, 4) is 11.6 Å². The zero-order valence-electron chi connectivity index (χ0n) is 11.7. The molecule has 0 aliphatic heterocycles. The Labute approximate surface area is 133 Å². The average molecular weight is 310 g/mol. The lowest BCUT2D eigenvalue weighted by molar-refractivity contribution is 0.458. The number of rotatable bonds is 5. The number of aromatic nitrogens is 3. The van der Waals surface area contributed by atoms with Gasteiger partial charge in [0.15, 0.2) is 0 Å². The summed E-state index contributed by atoms with van der Waals surface area (Å²) in [5, 5.41) is 3.21. The molecule has 0 atom stereocenters. The summed E-state index contributed by atoms with van der Waals surface area (Å²) in [7, 11) is 0. The number of hydrogen-bond donors (Lipinski definition) is 2. The van der Waals surface area contributed by atoms with Crippen molar-refractivity contribution >= 4 is 18.4 Å². The molecule has 0 radical (unpaired) electrons. The van der Waals surface area contributed by atoms with Gasteiger partial charge in [0.1, 0.15) is 11.6 Å². The molecule has 2 heterocycles. The van der Waals surface area contributed by atoms with Gasteiger partial charge in [-0.2, -0.15) is 4.98 Å². The first-order valence-electron chi connectivity index (χ1n) is 6.72. The van der Waals surface area contributed by atoms with Crippen LogP contribution >= 0.6 is 12.6 Å². The van der Waals surface area contributed by atoms with Gasteiger partial charge in [0, 0.05) is 17.6 Å². The van der Waals surface area contributed by atoms with Crippen molar-refractivity contribution in [2.75, 3.05) is 5.32 Å². The zero-order chi connectivity index (χ0) is 15.2. The lowest BCUT2D eigenvalue weighted by atomic mass is 10.2. The van der Waals surface area contributed by atoms with Gasteiger partial charge in [-0.25, -0.2) is 0 Å². The number of hydrogen-bond acceptors (Lipinski definition) is 6. The lowest BCUT2D eigenvalue weighted by Gasteiger charge is -2.09. The molecule has 110 valence electrons. The first-order valence-corrected chi connectivity index (χ1v) is 7.16. The Morgan fingerprint density at radius 1 is 1.00 bits per heavy atom. The molecule has 0 aliphatic rings. The number of anilines is 1. The van der Waals surface area contributed by atoms with Crippen molar-refractivity contribution in [1.29, 1.82) is 0 Å². The van der Waals surface area contributed by atoms with Gasteiger partial charge in [-0.15, -0.1) is 12.6 Å². The molecule has 0 amide bonds. The Bertz CT molecular complexity index is 752. The molecular formula is C16H14N4OS. The predicted molar refractivity (Wildman–Crippen MR) is 87.4 cm³/mol. The van der Waals surface area contributed by atoms with Crippen LogP contribution in [0.4, 0.5) is 5.82 Å². The van der Waals surface area contributed by atoms with Gasteiger partial charge in [0.05, 0.1) is 18.6 Å². The first-order chi connectivity index (χ1) is 10.8. The van der Waals surface area contributed by atoms with E-state index in [4.69, 9.17) is 4.74 Å². The second-order valence-corrected chi connectivity index (χ2v) is 5.00. The fourth-order valence-electron chi connectivity index (χ4n) is 1.86. The number of ether oxygens (including phenoxy) is 1. The van der Waals surface area contributed by atoms with Crippen LogP contribution in [0.15, 0.2) is 66.1 Å². The van der Waals surface area contributed by atoms with Gasteiger partial charge in [0.2, 0.25) is 5.88 Å². The average Bonchev–Trinajstić information content (AvgIpc) is 2.55. The smallest absolute Gasteiger partial charge is 0.239 e. The maximum atomic E-state index is 5.60. The minimum Gasteiger partial charge on any atom is -0.436 e. The standard InChI is InChI=1S/C16H14N4OS/c22-14-6-2-1-4-12(14)8-19-15-10-18-11-16(20-15)21-13-5-3-7-17-9-13/h1-7,9-11,22H,8H2,(H,19,20). The highest BCUT2D eigenvalue weighted by atomic mass is 32.1. The molecule has 1 aromatic carbocycles. The summed E-state index contributed by atoms with van der Waals surface area (Å²) in [4.78, 5) is 13.4. The second-order valence-electron chi connectivity index (χ2n) is 4.52. The van der Waals surface area contributed by atoms with Crippen LogP contribution in [0.1, 0.15) is 5.56 Å². The van der Waals surface area contributed by atoms with E-state index >= 15 is 0 Å². The number of benzene rings is 1. The summed E-state index contributed by atoms with van der Waals surface area (Å²) in [6.07, 6.45) is 6.52. The van der Waals surface area contributed by atoms with Crippen LogP contribution in [0.5, 0.6) is 11.6 Å². The van der Waals surface area contributed by atoms with Crippen LogP contribution in [0, 0.1) is 0 Å². The highest BCUT2D eigenvalue weighted by Crippen LogP contribution is 2.19. The van der Waals surface area contributed by atoms with Gasteiger partial charge >= 0.3 is 0 Å². The number of thiol groups is 1. The quantitative estimate of drug-likeness (QED) is 0.706. The lowest BCUT2D eigenvalue weighted by Crippen LogP contribution is -2.03. The Morgan fingerprint density at radius 2 is 1.91 bits per heavy atom. The third kappa shape index (κ3) is 3.73. The highest BCUT2D eigenvalue weighted by Gasteiger charge is 2.03. The van der Waals surface area contributed by atoms with Crippen molar-refractivity contribution in [2.45, 2.75) is 11.4 Å². The third-order valence-corrected chi connectivity index (χ3v) is 3.36. The highest BCUT2D eigenvalue weighted by molar-refractivity contribution is 7.80. The summed E-state index contributed by atoms with van der Waals surface area (Å²) in [5.74, 6) is 1.67. The number of nitrogens with zero attached hydrogens (tertiary/aromatic N) is 3. The molecule has 6 heteroatoms. The van der Waals surface area contributed by atoms with Crippen LogP contribution in [-0.2, 0) is 6.54 Å². The second kappa shape index (κ2) is 6.91. The van der Waals surface area contributed by atoms with E-state index in [0.29, 0.717) is 24.0 Å². The maximum absolute atomic E-state index is 5.60. The van der Waals surface area contributed by atoms with E-state index < -0.39 is 0 Å². The SMILES string of the molecule is Sc1ccccc1CNc1cncc(Oc2cccnc2)n1. The molecule has 0 unspecified atom stereocenters. The van der Waals surface area contributed by atoms with E-state index in [0.717, 1.165) is 10.5 Å². The molecule has 0 aliphatic carbocycles.